The van der Waals surface area contributed by atoms with Gasteiger partial charge < -0.3 is 0 Å². The van der Waals surface area contributed by atoms with E-state index in [0.717, 1.165) is 0 Å². The Labute approximate surface area is 78.4 Å². The molecule has 0 aliphatic rings. The number of hydrogen-bond acceptors (Lipinski definition) is 0. The van der Waals surface area contributed by atoms with Gasteiger partial charge in [0.2, 0.25) is 0 Å². The van der Waals surface area contributed by atoms with Gasteiger partial charge in [0.25, 0.3) is 0 Å². The van der Waals surface area contributed by atoms with E-state index in [1.165, 1.54) is 0 Å². The molecular formula is H3FeLaMnP. The van der Waals surface area contributed by atoms with E-state index in [2.05, 4.69) is 0 Å². The van der Waals surface area contributed by atoms with Crippen molar-refractivity contribution in [3.8, 4) is 0 Å². The van der Waals surface area contributed by atoms with Crippen LogP contribution in [0.15, 0.2) is 0 Å². The fraction of sp³-hybridized carbons (Fsp3) is 0. The maximum absolute atomic E-state index is 0. The minimum Gasteiger partial charge on any atom is -0.153 e. The molecule has 0 fully saturated rings. The Morgan fingerprint density at radius 1 is 1.00 bits per heavy atom. The summed E-state index contributed by atoms with van der Waals surface area (Å²) in [5.74, 6) is 0. The third-order valence-corrected chi connectivity index (χ3v) is 0. The maximum atomic E-state index is 0. The van der Waals surface area contributed by atoms with E-state index in [-0.39, 0.29) is 79.6 Å². The minimum absolute atomic E-state index is 0. The van der Waals surface area contributed by atoms with E-state index in [0.29, 0.717) is 0 Å². The van der Waals surface area contributed by atoms with Crippen molar-refractivity contribution in [3.63, 3.8) is 0 Å². The number of hydrogen-bond donors (Lipinski definition) is 0. The first-order valence-corrected chi connectivity index (χ1v) is 0. The standard InChI is InChI=1S/Fe.La.Mn.H3P/h;;;1H3. The molecule has 0 N–H and O–H groups in total. The zero-order valence-corrected chi connectivity index (χ0v) is 9.34. The summed E-state index contributed by atoms with van der Waals surface area (Å²) in [4.78, 5) is 0. The van der Waals surface area contributed by atoms with Crippen LogP contribution in [0.2, 0.25) is 0 Å². The Morgan fingerprint density at radius 3 is 1.00 bits per heavy atom. The summed E-state index contributed by atoms with van der Waals surface area (Å²) < 4.78 is 0. The Kier molecular flexibility index (Phi) is 131. The molecule has 0 spiro atoms. The van der Waals surface area contributed by atoms with Crippen molar-refractivity contribution in [2.24, 2.45) is 0 Å². The smallest absolute Gasteiger partial charge is 0 e. The second-order valence-corrected chi connectivity index (χ2v) is 0. The first kappa shape index (κ1) is 30.1. The van der Waals surface area contributed by atoms with Crippen molar-refractivity contribution in [2.45, 2.75) is 0 Å². The summed E-state index contributed by atoms with van der Waals surface area (Å²) in [5.41, 5.74) is 0. The van der Waals surface area contributed by atoms with Crippen molar-refractivity contribution in [1.82, 2.24) is 0 Å². The van der Waals surface area contributed by atoms with Crippen molar-refractivity contribution in [1.29, 1.82) is 0 Å². The Morgan fingerprint density at radius 2 is 1.00 bits per heavy atom. The van der Waals surface area contributed by atoms with Gasteiger partial charge in [0.15, 0.2) is 0 Å². The van der Waals surface area contributed by atoms with Crippen LogP contribution in [0.5, 0.6) is 0 Å². The quantitative estimate of drug-likeness (QED) is 0.435. The van der Waals surface area contributed by atoms with Gasteiger partial charge in [0.05, 0.1) is 0 Å². The molecule has 0 aromatic heterocycles. The Hall–Kier alpha value is 2.66. The second-order valence-electron chi connectivity index (χ2n) is 0. The average Bonchev–Trinajstić information content (AvgIpc) is 0. The molecule has 0 saturated heterocycles. The molecule has 0 heterocycles. The molecular weight excluding hydrogens is 281 g/mol. The van der Waals surface area contributed by atoms with Gasteiger partial charge in [-0.05, 0) is 0 Å². The fourth-order valence-electron chi connectivity index (χ4n) is 0. The Bertz CT molecular complexity index is 8.00. The van der Waals surface area contributed by atoms with E-state index in [1.807, 2.05) is 0 Å². The van der Waals surface area contributed by atoms with Crippen molar-refractivity contribution in [2.75, 3.05) is 0 Å². The molecule has 0 nitrogen and oxygen atoms in total. The van der Waals surface area contributed by atoms with Crippen LogP contribution in [0.4, 0.5) is 0 Å². The van der Waals surface area contributed by atoms with Crippen molar-refractivity contribution < 1.29 is 69.7 Å². The molecule has 0 aliphatic carbocycles. The summed E-state index contributed by atoms with van der Waals surface area (Å²) in [6.45, 7) is 0. The van der Waals surface area contributed by atoms with Crippen LogP contribution in [0.25, 0.3) is 0 Å². The van der Waals surface area contributed by atoms with Crippen LogP contribution >= 0.6 is 9.90 Å². The summed E-state index contributed by atoms with van der Waals surface area (Å²) >= 11 is 0. The van der Waals surface area contributed by atoms with Gasteiger partial charge in [-0.15, -0.1) is 0 Å². The van der Waals surface area contributed by atoms with Gasteiger partial charge in [0, 0.05) is 69.7 Å². The third-order valence-electron chi connectivity index (χ3n) is 0. The van der Waals surface area contributed by atoms with Crippen LogP contribution in [0, 0.1) is 35.6 Å². The maximum Gasteiger partial charge on any atom is 0 e. The molecule has 26 valence electrons. The first-order chi connectivity index (χ1) is 0. The summed E-state index contributed by atoms with van der Waals surface area (Å²) in [6, 6.07) is 0. The molecule has 0 aromatic carbocycles. The zero-order chi connectivity index (χ0) is 0. The van der Waals surface area contributed by atoms with Crippen molar-refractivity contribution >= 4 is 9.90 Å². The van der Waals surface area contributed by atoms with Crippen molar-refractivity contribution in [3.05, 3.63) is 0 Å². The topological polar surface area (TPSA) is 0 Å². The van der Waals surface area contributed by atoms with Crippen LogP contribution < -0.4 is 0 Å². The molecule has 0 rings (SSSR count). The van der Waals surface area contributed by atoms with Gasteiger partial charge in [-0.2, -0.15) is 9.90 Å². The van der Waals surface area contributed by atoms with E-state index < -0.39 is 0 Å². The first-order valence-electron chi connectivity index (χ1n) is 0. The van der Waals surface area contributed by atoms with Gasteiger partial charge in [-0.1, -0.05) is 0 Å². The summed E-state index contributed by atoms with van der Waals surface area (Å²) in [6.07, 6.45) is 0. The van der Waals surface area contributed by atoms with E-state index in [1.54, 1.807) is 0 Å². The second kappa shape index (κ2) is 17.4. The average molecular weight is 284 g/mol. The molecule has 0 aliphatic heterocycles. The van der Waals surface area contributed by atoms with Gasteiger partial charge in [-0.3, -0.25) is 0 Å². The molecule has 0 amide bonds. The predicted octanol–water partition coefficient (Wildman–Crippen LogP) is 0.0531. The molecule has 1 atom stereocenters. The SMILES string of the molecule is P.[Fe].[La].[Mn]. The van der Waals surface area contributed by atoms with Gasteiger partial charge >= 0.3 is 0 Å². The largest absolute Gasteiger partial charge is 0.153 e. The van der Waals surface area contributed by atoms with Gasteiger partial charge in [-0.25, -0.2) is 0 Å². The van der Waals surface area contributed by atoms with E-state index in [9.17, 15) is 0 Å². The molecule has 2 radical (unpaired) electrons. The minimum atomic E-state index is 0. The molecule has 0 bridgehead atoms. The summed E-state index contributed by atoms with van der Waals surface area (Å²) in [5, 5.41) is 0. The number of rotatable bonds is 0. The normalized spacial score (nSPS) is 0. The Balaban J connectivity index is 0. The van der Waals surface area contributed by atoms with E-state index in [4.69, 9.17) is 0 Å². The monoisotopic (exact) mass is 284 g/mol. The van der Waals surface area contributed by atoms with E-state index >= 15 is 0 Å². The van der Waals surface area contributed by atoms with Gasteiger partial charge in [0.1, 0.15) is 0 Å². The zero-order valence-electron chi connectivity index (χ0n) is 2.02. The predicted molar refractivity (Wildman–Crippen MR) is 11.1 cm³/mol. The molecule has 0 aromatic rings. The third kappa shape index (κ3) is 8.82. The molecule has 0 saturated carbocycles. The van der Waals surface area contributed by atoms with Crippen LogP contribution in [-0.4, -0.2) is 0 Å². The molecule has 1 unspecified atom stereocenters. The van der Waals surface area contributed by atoms with Crippen LogP contribution in [0.1, 0.15) is 0 Å². The molecule has 4 heteroatoms. The van der Waals surface area contributed by atoms with Crippen LogP contribution in [-0.2, 0) is 34.1 Å². The fourth-order valence-corrected chi connectivity index (χ4v) is 0. The molecule has 4 heavy (non-hydrogen) atoms. The summed E-state index contributed by atoms with van der Waals surface area (Å²) in [7, 11) is 0. The van der Waals surface area contributed by atoms with Crippen LogP contribution in [0.3, 0.4) is 0 Å².